The third-order valence-electron chi connectivity index (χ3n) is 3.17. The normalized spacial score (nSPS) is 14.5. The monoisotopic (exact) mass is 279 g/mol. The summed E-state index contributed by atoms with van der Waals surface area (Å²) in [4.78, 5) is 11.9. The van der Waals surface area contributed by atoms with Gasteiger partial charge in [0.15, 0.2) is 6.10 Å². The molecule has 1 aromatic carbocycles. The fraction of sp³-hybridized carbons (Fsp3) is 0.562. The summed E-state index contributed by atoms with van der Waals surface area (Å²) in [5, 5.41) is 12.6. The Bertz CT molecular complexity index is 434. The second-order valence-corrected chi connectivity index (χ2v) is 6.20. The summed E-state index contributed by atoms with van der Waals surface area (Å²) in [6.45, 7) is 9.69. The van der Waals surface area contributed by atoms with Gasteiger partial charge in [0.25, 0.3) is 5.91 Å². The van der Waals surface area contributed by atoms with Crippen LogP contribution < -0.4 is 10.1 Å². The summed E-state index contributed by atoms with van der Waals surface area (Å²) in [6.07, 6.45) is -1.18. The largest absolute Gasteiger partial charge is 0.481 e. The van der Waals surface area contributed by atoms with Crippen molar-refractivity contribution < 1.29 is 14.6 Å². The summed E-state index contributed by atoms with van der Waals surface area (Å²) < 4.78 is 5.56. The van der Waals surface area contributed by atoms with Gasteiger partial charge in [0.2, 0.25) is 0 Å². The Morgan fingerprint density at radius 1 is 1.30 bits per heavy atom. The van der Waals surface area contributed by atoms with Gasteiger partial charge in [-0.3, -0.25) is 4.79 Å². The van der Waals surface area contributed by atoms with Crippen molar-refractivity contribution in [3.63, 3.8) is 0 Å². The Morgan fingerprint density at radius 3 is 2.35 bits per heavy atom. The molecular formula is C16H25NO3. The van der Waals surface area contributed by atoms with Crippen LogP contribution in [0.25, 0.3) is 0 Å². The van der Waals surface area contributed by atoms with Crippen LogP contribution in [-0.4, -0.2) is 29.8 Å². The second kappa shape index (κ2) is 6.75. The number of ether oxygens (including phenoxy) is 1. The highest BCUT2D eigenvalue weighted by atomic mass is 16.5. The van der Waals surface area contributed by atoms with Crippen LogP contribution in [0.2, 0.25) is 0 Å². The maximum absolute atomic E-state index is 11.9. The highest BCUT2D eigenvalue weighted by molar-refractivity contribution is 5.80. The lowest BCUT2D eigenvalue weighted by Gasteiger charge is -2.26. The van der Waals surface area contributed by atoms with E-state index >= 15 is 0 Å². The Hall–Kier alpha value is -1.55. The molecule has 2 atom stereocenters. The first kappa shape index (κ1) is 16.5. The molecule has 0 saturated heterocycles. The van der Waals surface area contributed by atoms with Gasteiger partial charge >= 0.3 is 0 Å². The van der Waals surface area contributed by atoms with Gasteiger partial charge in [0.05, 0.1) is 6.10 Å². The standard InChI is InChI=1S/C16H25NO3/c1-11-6-8-13(9-7-11)20-12(2)15(19)17-10-14(18)16(3,4)5/h6-9,12,14,18H,10H2,1-5H3,(H,17,19). The molecular weight excluding hydrogens is 254 g/mol. The summed E-state index contributed by atoms with van der Waals surface area (Å²) in [6, 6.07) is 7.54. The fourth-order valence-corrected chi connectivity index (χ4v) is 1.52. The van der Waals surface area contributed by atoms with Crippen LogP contribution in [-0.2, 0) is 4.79 Å². The summed E-state index contributed by atoms with van der Waals surface area (Å²) in [7, 11) is 0. The number of aliphatic hydroxyl groups excluding tert-OH is 1. The van der Waals surface area contributed by atoms with Crippen LogP contribution in [0.4, 0.5) is 0 Å². The zero-order valence-corrected chi connectivity index (χ0v) is 12.9. The molecule has 4 nitrogen and oxygen atoms in total. The van der Waals surface area contributed by atoms with Crippen molar-refractivity contribution in [2.45, 2.75) is 46.8 Å². The summed E-state index contributed by atoms with van der Waals surface area (Å²) in [5.41, 5.74) is 0.886. The summed E-state index contributed by atoms with van der Waals surface area (Å²) >= 11 is 0. The fourth-order valence-electron chi connectivity index (χ4n) is 1.52. The SMILES string of the molecule is Cc1ccc(OC(C)C(=O)NCC(O)C(C)(C)C)cc1. The van der Waals surface area contributed by atoms with E-state index < -0.39 is 12.2 Å². The van der Waals surface area contributed by atoms with Crippen molar-refractivity contribution in [1.29, 1.82) is 0 Å². The van der Waals surface area contributed by atoms with Crippen molar-refractivity contribution in [3.8, 4) is 5.75 Å². The van der Waals surface area contributed by atoms with Crippen LogP contribution in [0.1, 0.15) is 33.3 Å². The molecule has 0 spiro atoms. The molecule has 0 bridgehead atoms. The number of hydrogen-bond donors (Lipinski definition) is 2. The molecule has 1 amide bonds. The minimum Gasteiger partial charge on any atom is -0.481 e. The molecule has 1 aromatic rings. The van der Waals surface area contributed by atoms with E-state index in [2.05, 4.69) is 5.32 Å². The maximum Gasteiger partial charge on any atom is 0.260 e. The first-order valence-electron chi connectivity index (χ1n) is 6.89. The number of amides is 1. The molecule has 0 saturated carbocycles. The zero-order valence-electron chi connectivity index (χ0n) is 12.9. The Balaban J connectivity index is 2.45. The molecule has 0 fully saturated rings. The maximum atomic E-state index is 11.9. The number of aliphatic hydroxyl groups is 1. The van der Waals surface area contributed by atoms with E-state index in [1.54, 1.807) is 6.92 Å². The number of carbonyl (C=O) groups excluding carboxylic acids is 1. The van der Waals surface area contributed by atoms with Gasteiger partial charge in [-0.2, -0.15) is 0 Å². The summed E-state index contributed by atoms with van der Waals surface area (Å²) in [5.74, 6) is 0.434. The van der Waals surface area contributed by atoms with Crippen LogP contribution in [0.5, 0.6) is 5.75 Å². The quantitative estimate of drug-likeness (QED) is 0.869. The Kier molecular flexibility index (Phi) is 5.57. The predicted molar refractivity (Wildman–Crippen MR) is 79.7 cm³/mol. The van der Waals surface area contributed by atoms with Crippen LogP contribution >= 0.6 is 0 Å². The molecule has 112 valence electrons. The lowest BCUT2D eigenvalue weighted by atomic mass is 9.89. The van der Waals surface area contributed by atoms with Gasteiger partial charge in [-0.1, -0.05) is 38.5 Å². The number of carbonyl (C=O) groups is 1. The van der Waals surface area contributed by atoms with Crippen LogP contribution in [0.3, 0.4) is 0 Å². The average Bonchev–Trinajstić information content (AvgIpc) is 2.36. The van der Waals surface area contributed by atoms with E-state index in [0.717, 1.165) is 5.56 Å². The smallest absolute Gasteiger partial charge is 0.260 e. The molecule has 20 heavy (non-hydrogen) atoms. The Labute approximate surface area is 121 Å². The predicted octanol–water partition coefficient (Wildman–Crippen LogP) is 2.29. The molecule has 4 heteroatoms. The van der Waals surface area contributed by atoms with Crippen molar-refractivity contribution >= 4 is 5.91 Å². The lowest BCUT2D eigenvalue weighted by molar-refractivity contribution is -0.128. The van der Waals surface area contributed by atoms with Gasteiger partial charge in [-0.05, 0) is 31.4 Å². The molecule has 2 N–H and O–H groups in total. The van der Waals surface area contributed by atoms with Crippen molar-refractivity contribution in [2.24, 2.45) is 5.41 Å². The van der Waals surface area contributed by atoms with Crippen molar-refractivity contribution in [3.05, 3.63) is 29.8 Å². The third kappa shape index (κ3) is 5.21. The topological polar surface area (TPSA) is 58.6 Å². The molecule has 0 aliphatic heterocycles. The van der Waals surface area contributed by atoms with Crippen molar-refractivity contribution in [2.75, 3.05) is 6.54 Å². The van der Waals surface area contributed by atoms with E-state index in [9.17, 15) is 9.90 Å². The molecule has 0 aromatic heterocycles. The second-order valence-electron chi connectivity index (χ2n) is 6.20. The van der Waals surface area contributed by atoms with E-state index in [1.165, 1.54) is 0 Å². The number of aryl methyl sites for hydroxylation is 1. The van der Waals surface area contributed by atoms with Crippen LogP contribution in [0, 0.1) is 12.3 Å². The molecule has 1 rings (SSSR count). The highest BCUT2D eigenvalue weighted by Crippen LogP contribution is 2.18. The highest BCUT2D eigenvalue weighted by Gasteiger charge is 2.23. The first-order chi connectivity index (χ1) is 9.20. The van der Waals surface area contributed by atoms with Gasteiger partial charge in [0.1, 0.15) is 5.75 Å². The lowest BCUT2D eigenvalue weighted by Crippen LogP contribution is -2.43. The zero-order chi connectivity index (χ0) is 15.3. The minimum absolute atomic E-state index is 0.226. The van der Waals surface area contributed by atoms with Gasteiger partial charge < -0.3 is 15.2 Å². The molecule has 0 aliphatic carbocycles. The number of benzene rings is 1. The molecule has 0 heterocycles. The molecule has 0 aliphatic rings. The van der Waals surface area contributed by atoms with E-state index in [0.29, 0.717) is 5.75 Å². The van der Waals surface area contributed by atoms with Gasteiger partial charge in [0, 0.05) is 6.54 Å². The van der Waals surface area contributed by atoms with E-state index in [-0.39, 0.29) is 17.9 Å². The average molecular weight is 279 g/mol. The van der Waals surface area contributed by atoms with E-state index in [1.807, 2.05) is 52.0 Å². The molecule has 2 unspecified atom stereocenters. The Morgan fingerprint density at radius 2 is 1.85 bits per heavy atom. The molecule has 0 radical (unpaired) electrons. The van der Waals surface area contributed by atoms with Crippen LogP contribution in [0.15, 0.2) is 24.3 Å². The number of nitrogens with one attached hydrogen (secondary N) is 1. The number of hydrogen-bond acceptors (Lipinski definition) is 3. The minimum atomic E-state index is -0.593. The van der Waals surface area contributed by atoms with Gasteiger partial charge in [-0.15, -0.1) is 0 Å². The van der Waals surface area contributed by atoms with Gasteiger partial charge in [-0.25, -0.2) is 0 Å². The van der Waals surface area contributed by atoms with E-state index in [4.69, 9.17) is 4.74 Å². The third-order valence-corrected chi connectivity index (χ3v) is 3.17. The number of rotatable bonds is 5. The first-order valence-corrected chi connectivity index (χ1v) is 6.89. The van der Waals surface area contributed by atoms with Crippen molar-refractivity contribution in [1.82, 2.24) is 5.32 Å².